The molecule has 0 aliphatic carbocycles. The van der Waals surface area contributed by atoms with Crippen LogP contribution in [-0.2, 0) is 4.57 Å². The topological polar surface area (TPSA) is 77.8 Å². The Labute approximate surface area is 82.7 Å². The van der Waals surface area contributed by atoms with Gasteiger partial charge in [-0.3, -0.25) is 0 Å². The first-order chi connectivity index (χ1) is 2.00. The van der Waals surface area contributed by atoms with Gasteiger partial charge in [0.05, 0.1) is 0 Å². The summed E-state index contributed by atoms with van der Waals surface area (Å²) in [6.07, 6.45) is 0. The van der Waals surface area contributed by atoms with Gasteiger partial charge in [0.15, 0.2) is 0 Å². The fourth-order valence-corrected chi connectivity index (χ4v) is 0. The summed E-state index contributed by atoms with van der Waals surface area (Å²) in [6, 6.07) is 0. The van der Waals surface area contributed by atoms with E-state index in [0.29, 0.717) is 0 Å². The predicted octanol–water partition coefficient (Wildman–Crippen LogP) is -2.49. The van der Waals surface area contributed by atoms with Gasteiger partial charge in [0.25, 0.3) is 0 Å². The Hall–Kier alpha value is 1.97. The molecule has 0 rings (SSSR count). The third-order valence-corrected chi connectivity index (χ3v) is 0. The first-order valence-electron chi connectivity index (χ1n) is 0.783. The SMILES string of the molecule is O=P(O)(O)O.[CaH2].[LiH]. The van der Waals surface area contributed by atoms with Crippen molar-refractivity contribution in [1.82, 2.24) is 0 Å². The van der Waals surface area contributed by atoms with Gasteiger partial charge in [0.2, 0.25) is 0 Å². The summed E-state index contributed by atoms with van der Waals surface area (Å²) in [5.41, 5.74) is 0. The van der Waals surface area contributed by atoms with Crippen molar-refractivity contribution >= 4 is 64.4 Å². The van der Waals surface area contributed by atoms with Crippen LogP contribution in [0.5, 0.6) is 0 Å². The molecule has 0 unspecified atom stereocenters. The first kappa shape index (κ1) is 16.0. The van der Waals surface area contributed by atoms with Crippen LogP contribution in [0.4, 0.5) is 0 Å². The van der Waals surface area contributed by atoms with Gasteiger partial charge in [-0.05, 0) is 0 Å². The Bertz CT molecular complexity index is 57.8. The first-order valence-corrected chi connectivity index (χ1v) is 2.35. The van der Waals surface area contributed by atoms with Gasteiger partial charge in [0.1, 0.15) is 0 Å². The molecule has 38 valence electrons. The summed E-state index contributed by atoms with van der Waals surface area (Å²) in [4.78, 5) is 21.6. The molecule has 3 N–H and O–H groups in total. The normalized spacial score (nSPS) is 8.43. The minimum absolute atomic E-state index is 0. The summed E-state index contributed by atoms with van der Waals surface area (Å²) >= 11 is 0. The van der Waals surface area contributed by atoms with E-state index < -0.39 is 7.82 Å². The van der Waals surface area contributed by atoms with Crippen molar-refractivity contribution in [1.29, 1.82) is 0 Å². The fraction of sp³-hybridized carbons (Fsp3) is 0. The van der Waals surface area contributed by atoms with Gasteiger partial charge in [-0.2, -0.15) is 0 Å². The minimum atomic E-state index is -4.64. The molecule has 0 bridgehead atoms. The zero-order chi connectivity index (χ0) is 4.50. The van der Waals surface area contributed by atoms with Crippen LogP contribution in [0.2, 0.25) is 0 Å². The Kier molecular flexibility index (Phi) is 13.9. The molecule has 0 aromatic carbocycles. The van der Waals surface area contributed by atoms with Crippen molar-refractivity contribution in [3.05, 3.63) is 0 Å². The zero-order valence-electron chi connectivity index (χ0n) is 2.20. The molecular formula is H6CaLiO4P. The standard InChI is InChI=1S/Ca.Li.H3O4P.3H/c;;1-5(2,3)4;;;/h;;(H3,1,2,3,4);;;. The van der Waals surface area contributed by atoms with Crippen molar-refractivity contribution < 1.29 is 19.2 Å². The van der Waals surface area contributed by atoms with Crippen LogP contribution >= 0.6 is 7.82 Å². The number of rotatable bonds is 0. The third kappa shape index (κ3) is 73.3. The number of hydrogen-bond acceptors (Lipinski definition) is 1. The van der Waals surface area contributed by atoms with Gasteiger partial charge in [-0.25, -0.2) is 4.57 Å². The Morgan fingerprint density at radius 2 is 1.14 bits per heavy atom. The van der Waals surface area contributed by atoms with Crippen molar-refractivity contribution in [2.75, 3.05) is 0 Å². The van der Waals surface area contributed by atoms with Crippen LogP contribution in [0, 0.1) is 0 Å². The van der Waals surface area contributed by atoms with Crippen molar-refractivity contribution in [3.63, 3.8) is 0 Å². The molecule has 0 heterocycles. The number of hydrogen-bond donors (Lipinski definition) is 3. The maximum absolute atomic E-state index is 8.88. The van der Waals surface area contributed by atoms with Crippen LogP contribution in [0.25, 0.3) is 0 Å². The molecule has 0 saturated heterocycles. The molecule has 0 aromatic rings. The van der Waals surface area contributed by atoms with E-state index in [1.54, 1.807) is 0 Å². The van der Waals surface area contributed by atoms with Crippen LogP contribution in [0.15, 0.2) is 0 Å². The second-order valence-corrected chi connectivity index (χ2v) is 1.54. The van der Waals surface area contributed by atoms with Crippen LogP contribution in [0.3, 0.4) is 0 Å². The van der Waals surface area contributed by atoms with Gasteiger partial charge < -0.3 is 14.7 Å². The summed E-state index contributed by atoms with van der Waals surface area (Å²) in [6.45, 7) is 0. The van der Waals surface area contributed by atoms with E-state index in [-0.39, 0.29) is 56.6 Å². The van der Waals surface area contributed by atoms with Gasteiger partial charge in [0, 0.05) is 0 Å². The van der Waals surface area contributed by atoms with Gasteiger partial charge in [-0.15, -0.1) is 0 Å². The van der Waals surface area contributed by atoms with Crippen LogP contribution in [-0.4, -0.2) is 71.3 Å². The average Bonchev–Trinajstić information content (AvgIpc) is 0.722. The maximum atomic E-state index is 8.88. The van der Waals surface area contributed by atoms with E-state index >= 15 is 0 Å². The molecule has 0 radical (unpaired) electrons. The van der Waals surface area contributed by atoms with Crippen molar-refractivity contribution in [2.24, 2.45) is 0 Å². The van der Waals surface area contributed by atoms with E-state index in [0.717, 1.165) is 0 Å². The van der Waals surface area contributed by atoms with E-state index in [4.69, 9.17) is 19.2 Å². The summed E-state index contributed by atoms with van der Waals surface area (Å²) in [5, 5.41) is 0. The summed E-state index contributed by atoms with van der Waals surface area (Å²) in [7, 11) is -4.64. The second-order valence-electron chi connectivity index (χ2n) is 0.513. The second kappa shape index (κ2) is 6.09. The van der Waals surface area contributed by atoms with Crippen molar-refractivity contribution in [2.45, 2.75) is 0 Å². The van der Waals surface area contributed by atoms with E-state index in [2.05, 4.69) is 0 Å². The third-order valence-electron chi connectivity index (χ3n) is 0. The summed E-state index contributed by atoms with van der Waals surface area (Å²) < 4.78 is 8.88. The van der Waals surface area contributed by atoms with Crippen LogP contribution in [0.1, 0.15) is 0 Å². The molecule has 0 amide bonds. The van der Waals surface area contributed by atoms with Gasteiger partial charge >= 0.3 is 64.4 Å². The molecular weight excluding hydrogens is 142 g/mol. The molecule has 4 nitrogen and oxygen atoms in total. The van der Waals surface area contributed by atoms with Crippen molar-refractivity contribution in [3.8, 4) is 0 Å². The Morgan fingerprint density at radius 1 is 1.14 bits per heavy atom. The molecule has 7 heteroatoms. The van der Waals surface area contributed by atoms with E-state index in [9.17, 15) is 0 Å². The molecule has 0 saturated carbocycles. The van der Waals surface area contributed by atoms with Gasteiger partial charge in [-0.1, -0.05) is 0 Å². The quantitative estimate of drug-likeness (QED) is 0.262. The van der Waals surface area contributed by atoms with E-state index in [1.807, 2.05) is 0 Å². The molecule has 0 atom stereocenters. The van der Waals surface area contributed by atoms with Crippen LogP contribution < -0.4 is 0 Å². The molecule has 0 spiro atoms. The van der Waals surface area contributed by atoms with E-state index in [1.165, 1.54) is 0 Å². The Balaban J connectivity index is -0.0000000800. The zero-order valence-corrected chi connectivity index (χ0v) is 3.09. The molecule has 0 aliphatic rings. The molecule has 0 aliphatic heterocycles. The predicted molar refractivity (Wildman–Crippen MR) is 30.0 cm³/mol. The Morgan fingerprint density at radius 3 is 1.14 bits per heavy atom. The fourth-order valence-electron chi connectivity index (χ4n) is 0. The monoisotopic (exact) mass is 148 g/mol. The molecule has 0 fully saturated rings. The average molecular weight is 148 g/mol. The molecule has 0 aromatic heterocycles. The molecule has 7 heavy (non-hydrogen) atoms. The summed E-state index contributed by atoms with van der Waals surface area (Å²) in [5.74, 6) is 0. The number of phosphoric acid groups is 1.